The smallest absolute Gasteiger partial charge is 0.0656 e. The third-order valence-electron chi connectivity index (χ3n) is 4.09. The molecule has 0 radical (unpaired) electrons. The van der Waals surface area contributed by atoms with Crippen molar-refractivity contribution in [3.63, 3.8) is 0 Å². The van der Waals surface area contributed by atoms with Crippen LogP contribution < -0.4 is 0 Å². The Labute approximate surface area is 103 Å². The zero-order valence-electron chi connectivity index (χ0n) is 10.6. The molecule has 1 nitrogen and oxygen atoms in total. The first-order valence-electron chi connectivity index (χ1n) is 6.40. The maximum Gasteiger partial charge on any atom is 0.0656 e. The Morgan fingerprint density at radius 1 is 1.33 bits per heavy atom. The molecule has 3 unspecified atom stereocenters. The monoisotopic (exact) mass is 276 g/mol. The molecule has 0 saturated heterocycles. The minimum Gasteiger partial charge on any atom is -0.375 e. The number of hydrogen-bond donors (Lipinski definition) is 0. The van der Waals surface area contributed by atoms with Gasteiger partial charge in [0.1, 0.15) is 0 Å². The van der Waals surface area contributed by atoms with Gasteiger partial charge in [0.25, 0.3) is 0 Å². The lowest BCUT2D eigenvalue weighted by Crippen LogP contribution is -2.55. The zero-order valence-corrected chi connectivity index (χ0v) is 12.1. The van der Waals surface area contributed by atoms with Gasteiger partial charge in [-0.15, -0.1) is 0 Å². The lowest BCUT2D eigenvalue weighted by Gasteiger charge is -2.53. The summed E-state index contributed by atoms with van der Waals surface area (Å²) in [6, 6.07) is 0. The van der Waals surface area contributed by atoms with E-state index in [1.807, 2.05) is 0 Å². The van der Waals surface area contributed by atoms with Gasteiger partial charge < -0.3 is 4.74 Å². The van der Waals surface area contributed by atoms with Gasteiger partial charge in [-0.2, -0.15) is 0 Å². The SMILES string of the molecule is CCCC(C)OC1CC(Br)C1(CC)CC. The van der Waals surface area contributed by atoms with Crippen molar-refractivity contribution < 1.29 is 4.74 Å². The lowest BCUT2D eigenvalue weighted by atomic mass is 9.62. The predicted molar refractivity (Wildman–Crippen MR) is 69.6 cm³/mol. The first kappa shape index (κ1) is 13.5. The molecule has 0 aromatic rings. The molecule has 0 bridgehead atoms. The number of rotatable bonds is 6. The van der Waals surface area contributed by atoms with E-state index in [0.29, 0.717) is 22.5 Å². The molecule has 0 amide bonds. The van der Waals surface area contributed by atoms with E-state index >= 15 is 0 Å². The summed E-state index contributed by atoms with van der Waals surface area (Å²) in [6.45, 7) is 9.01. The van der Waals surface area contributed by atoms with Crippen LogP contribution >= 0.6 is 15.9 Å². The van der Waals surface area contributed by atoms with Crippen LogP contribution in [-0.4, -0.2) is 17.0 Å². The van der Waals surface area contributed by atoms with E-state index in [4.69, 9.17) is 4.74 Å². The quantitative estimate of drug-likeness (QED) is 0.648. The van der Waals surface area contributed by atoms with Gasteiger partial charge in [0.05, 0.1) is 12.2 Å². The Kier molecular flexibility index (Phi) is 5.11. The molecule has 3 atom stereocenters. The molecule has 1 fully saturated rings. The summed E-state index contributed by atoms with van der Waals surface area (Å²) in [5.74, 6) is 0. The molecule has 0 heterocycles. The molecule has 1 aliphatic rings. The molecular formula is C13H25BrO. The Hall–Kier alpha value is 0.440. The zero-order chi connectivity index (χ0) is 11.5. The highest BCUT2D eigenvalue weighted by molar-refractivity contribution is 9.09. The molecule has 0 aromatic carbocycles. The fourth-order valence-corrected chi connectivity index (χ4v) is 4.07. The molecule has 0 aromatic heterocycles. The standard InChI is InChI=1S/C13H25BrO/c1-5-8-10(4)15-12-9-11(14)13(12,6-2)7-3/h10-12H,5-9H2,1-4H3. The van der Waals surface area contributed by atoms with Crippen molar-refractivity contribution in [1.82, 2.24) is 0 Å². The summed E-state index contributed by atoms with van der Waals surface area (Å²) in [5.41, 5.74) is 0.405. The van der Waals surface area contributed by atoms with E-state index in [1.165, 1.54) is 32.1 Å². The summed E-state index contributed by atoms with van der Waals surface area (Å²) in [7, 11) is 0. The van der Waals surface area contributed by atoms with Gasteiger partial charge in [-0.25, -0.2) is 0 Å². The Balaban J connectivity index is 2.49. The van der Waals surface area contributed by atoms with Crippen LogP contribution in [0.25, 0.3) is 0 Å². The van der Waals surface area contributed by atoms with E-state index in [9.17, 15) is 0 Å². The van der Waals surface area contributed by atoms with Crippen LogP contribution in [0.3, 0.4) is 0 Å². The summed E-state index contributed by atoms with van der Waals surface area (Å²) < 4.78 is 6.16. The van der Waals surface area contributed by atoms with Crippen molar-refractivity contribution in [1.29, 1.82) is 0 Å². The molecule has 15 heavy (non-hydrogen) atoms. The third kappa shape index (κ3) is 2.58. The van der Waals surface area contributed by atoms with Gasteiger partial charge >= 0.3 is 0 Å². The van der Waals surface area contributed by atoms with Gasteiger partial charge in [0.15, 0.2) is 0 Å². The molecule has 1 aliphatic carbocycles. The summed E-state index contributed by atoms with van der Waals surface area (Å²) >= 11 is 3.79. The van der Waals surface area contributed by atoms with Crippen LogP contribution in [0.5, 0.6) is 0 Å². The van der Waals surface area contributed by atoms with Gasteiger partial charge in [-0.3, -0.25) is 0 Å². The maximum atomic E-state index is 6.16. The number of hydrogen-bond acceptors (Lipinski definition) is 1. The van der Waals surface area contributed by atoms with Crippen molar-refractivity contribution in [3.05, 3.63) is 0 Å². The van der Waals surface area contributed by atoms with Crippen molar-refractivity contribution in [2.24, 2.45) is 5.41 Å². The van der Waals surface area contributed by atoms with Crippen molar-refractivity contribution >= 4 is 15.9 Å². The van der Waals surface area contributed by atoms with Crippen molar-refractivity contribution in [3.8, 4) is 0 Å². The topological polar surface area (TPSA) is 9.23 Å². The Morgan fingerprint density at radius 3 is 2.33 bits per heavy atom. The molecule has 1 saturated carbocycles. The summed E-state index contributed by atoms with van der Waals surface area (Å²) in [6.07, 6.45) is 6.96. The number of ether oxygens (including phenoxy) is 1. The maximum absolute atomic E-state index is 6.16. The van der Waals surface area contributed by atoms with E-state index in [1.54, 1.807) is 0 Å². The molecule has 1 rings (SSSR count). The van der Waals surface area contributed by atoms with E-state index < -0.39 is 0 Å². The van der Waals surface area contributed by atoms with Crippen LogP contribution in [0.15, 0.2) is 0 Å². The highest BCUT2D eigenvalue weighted by Gasteiger charge is 2.52. The summed E-state index contributed by atoms with van der Waals surface area (Å²) in [5, 5.41) is 0. The Bertz CT molecular complexity index is 189. The number of halogens is 1. The van der Waals surface area contributed by atoms with Gasteiger partial charge in [0, 0.05) is 10.2 Å². The fraction of sp³-hybridized carbons (Fsp3) is 1.00. The Morgan fingerprint density at radius 2 is 1.93 bits per heavy atom. The first-order valence-corrected chi connectivity index (χ1v) is 7.31. The summed E-state index contributed by atoms with van der Waals surface area (Å²) in [4.78, 5) is 0.666. The van der Waals surface area contributed by atoms with E-state index in [2.05, 4.69) is 43.6 Å². The normalized spacial score (nSPS) is 31.0. The second kappa shape index (κ2) is 5.67. The minimum absolute atomic E-state index is 0.405. The lowest BCUT2D eigenvalue weighted by molar-refractivity contribution is -0.136. The van der Waals surface area contributed by atoms with Crippen molar-refractivity contribution in [2.75, 3.05) is 0 Å². The van der Waals surface area contributed by atoms with Crippen LogP contribution in [0.1, 0.15) is 59.8 Å². The molecule has 2 heteroatoms. The highest BCUT2D eigenvalue weighted by Crippen LogP contribution is 2.53. The van der Waals surface area contributed by atoms with E-state index in [0.717, 1.165) is 0 Å². The second-order valence-electron chi connectivity index (χ2n) is 4.87. The predicted octanol–water partition coefficient (Wildman–Crippen LogP) is 4.53. The molecule has 0 N–H and O–H groups in total. The van der Waals surface area contributed by atoms with Crippen LogP contribution in [0.4, 0.5) is 0 Å². The second-order valence-corrected chi connectivity index (χ2v) is 5.97. The average molecular weight is 277 g/mol. The fourth-order valence-electron chi connectivity index (χ4n) is 2.79. The average Bonchev–Trinajstić information content (AvgIpc) is 2.19. The van der Waals surface area contributed by atoms with E-state index in [-0.39, 0.29) is 0 Å². The van der Waals surface area contributed by atoms with Crippen LogP contribution in [0.2, 0.25) is 0 Å². The first-order chi connectivity index (χ1) is 7.10. The highest BCUT2D eigenvalue weighted by atomic mass is 79.9. The van der Waals surface area contributed by atoms with Crippen LogP contribution in [0, 0.1) is 5.41 Å². The minimum atomic E-state index is 0.405. The van der Waals surface area contributed by atoms with Crippen LogP contribution in [-0.2, 0) is 4.74 Å². The molecular weight excluding hydrogens is 252 g/mol. The largest absolute Gasteiger partial charge is 0.375 e. The van der Waals surface area contributed by atoms with Gasteiger partial charge in [-0.1, -0.05) is 43.1 Å². The third-order valence-corrected chi connectivity index (χ3v) is 5.38. The van der Waals surface area contributed by atoms with Gasteiger partial charge in [0.2, 0.25) is 0 Å². The molecule has 90 valence electrons. The van der Waals surface area contributed by atoms with Crippen molar-refractivity contribution in [2.45, 2.75) is 76.8 Å². The van der Waals surface area contributed by atoms with Gasteiger partial charge in [-0.05, 0) is 32.6 Å². The molecule has 0 aliphatic heterocycles. The number of alkyl halides is 1. The molecule has 0 spiro atoms.